The number of aromatic carboxylic acids is 1. The van der Waals surface area contributed by atoms with Crippen molar-refractivity contribution in [2.24, 2.45) is 0 Å². The number of pyridine rings is 1. The topological polar surface area (TPSA) is 65.9 Å². The van der Waals surface area contributed by atoms with E-state index in [1.807, 2.05) is 44.7 Å². The van der Waals surface area contributed by atoms with Crippen LogP contribution in [0.1, 0.15) is 40.5 Å². The van der Waals surface area contributed by atoms with Crippen molar-refractivity contribution in [3.63, 3.8) is 0 Å². The molecule has 0 fully saturated rings. The molecule has 152 valence electrons. The van der Waals surface area contributed by atoms with Gasteiger partial charge in [0.2, 0.25) is 5.88 Å². The van der Waals surface area contributed by atoms with Crippen LogP contribution in [0.3, 0.4) is 0 Å². The van der Waals surface area contributed by atoms with Crippen molar-refractivity contribution in [3.8, 4) is 11.6 Å². The molecule has 0 amide bonds. The minimum absolute atomic E-state index is 0.0645. The molecule has 1 N–H and O–H groups in total. The van der Waals surface area contributed by atoms with Crippen LogP contribution in [0.5, 0.6) is 11.6 Å². The molecule has 28 heavy (non-hydrogen) atoms. The van der Waals surface area contributed by atoms with E-state index in [0.717, 1.165) is 24.1 Å². The summed E-state index contributed by atoms with van der Waals surface area (Å²) < 4.78 is 6.05. The summed E-state index contributed by atoms with van der Waals surface area (Å²) in [6.45, 7) is 8.97. The predicted octanol–water partition coefficient (Wildman–Crippen LogP) is 4.89. The molecule has 0 aliphatic heterocycles. The second-order valence-corrected chi connectivity index (χ2v) is 7.66. The van der Waals surface area contributed by atoms with Crippen molar-refractivity contribution < 1.29 is 14.6 Å². The molecule has 2 rings (SSSR count). The molecular formula is C21H28ClN3O3. The van der Waals surface area contributed by atoms with Gasteiger partial charge in [-0.15, -0.1) is 0 Å². The van der Waals surface area contributed by atoms with Gasteiger partial charge in [-0.1, -0.05) is 18.5 Å². The molecule has 0 saturated carbocycles. The zero-order valence-electron chi connectivity index (χ0n) is 17.3. The number of aryl methyl sites for hydroxylation is 3. The van der Waals surface area contributed by atoms with Gasteiger partial charge in [0, 0.05) is 17.3 Å². The lowest BCUT2D eigenvalue weighted by Crippen LogP contribution is -2.35. The summed E-state index contributed by atoms with van der Waals surface area (Å²) in [4.78, 5) is 20.6. The lowest BCUT2D eigenvalue weighted by molar-refractivity contribution is 0.0694. The van der Waals surface area contributed by atoms with E-state index in [-0.39, 0.29) is 11.4 Å². The van der Waals surface area contributed by atoms with E-state index in [1.54, 1.807) is 18.2 Å². The smallest absolute Gasteiger partial charge is 0.343 e. The molecule has 6 nitrogen and oxygen atoms in total. The van der Waals surface area contributed by atoms with Crippen molar-refractivity contribution in [2.75, 3.05) is 32.2 Å². The summed E-state index contributed by atoms with van der Waals surface area (Å²) >= 11 is 6.11. The molecule has 1 heterocycles. The van der Waals surface area contributed by atoms with Gasteiger partial charge in [0.25, 0.3) is 0 Å². The first-order valence-electron chi connectivity index (χ1n) is 9.23. The number of carboxylic acids is 1. The number of carbonyl (C=O) groups is 1. The third-order valence-corrected chi connectivity index (χ3v) is 4.44. The molecule has 0 aliphatic rings. The Kier molecular flexibility index (Phi) is 7.27. The predicted molar refractivity (Wildman–Crippen MR) is 113 cm³/mol. The fraction of sp³-hybridized carbons (Fsp3) is 0.429. The monoisotopic (exact) mass is 405 g/mol. The van der Waals surface area contributed by atoms with Gasteiger partial charge < -0.3 is 14.7 Å². The molecule has 0 saturated heterocycles. The summed E-state index contributed by atoms with van der Waals surface area (Å²) in [5, 5.41) is 10.6. The standard InChI is InChI=1S/C21H28ClN3O3/c1-7-8-25(12-24(5)6)17-11-15(4)23-20(18(17)21(26)27)28-19-13(2)9-16(22)10-14(19)3/h9-11H,7-8,12H2,1-6H3,(H,26,27). The Hall–Kier alpha value is -2.31. The van der Waals surface area contributed by atoms with Crippen molar-refractivity contribution in [3.05, 3.63) is 45.6 Å². The third kappa shape index (κ3) is 5.14. The third-order valence-electron chi connectivity index (χ3n) is 4.22. The number of rotatable bonds is 8. The van der Waals surface area contributed by atoms with Crippen LogP contribution in [0.4, 0.5) is 5.69 Å². The van der Waals surface area contributed by atoms with E-state index in [1.165, 1.54) is 0 Å². The Morgan fingerprint density at radius 1 is 1.18 bits per heavy atom. The van der Waals surface area contributed by atoms with Crippen LogP contribution in [-0.2, 0) is 0 Å². The number of hydrogen-bond acceptors (Lipinski definition) is 5. The van der Waals surface area contributed by atoms with Crippen LogP contribution in [0, 0.1) is 20.8 Å². The average molecular weight is 406 g/mol. The van der Waals surface area contributed by atoms with Crippen LogP contribution in [0.2, 0.25) is 5.02 Å². The van der Waals surface area contributed by atoms with Crippen LogP contribution in [-0.4, -0.2) is 48.3 Å². The normalized spacial score (nSPS) is 11.0. The molecule has 7 heteroatoms. The highest BCUT2D eigenvalue weighted by Gasteiger charge is 2.25. The highest BCUT2D eigenvalue weighted by atomic mass is 35.5. The molecule has 0 radical (unpaired) electrons. The van der Waals surface area contributed by atoms with E-state index in [0.29, 0.717) is 28.8 Å². The molecule has 0 spiro atoms. The molecule has 0 atom stereocenters. The SMILES string of the molecule is CCCN(CN(C)C)c1cc(C)nc(Oc2c(C)cc(Cl)cc2C)c1C(=O)O. The van der Waals surface area contributed by atoms with E-state index in [9.17, 15) is 9.90 Å². The molecule has 2 aromatic rings. The molecule has 1 aromatic heterocycles. The van der Waals surface area contributed by atoms with Crippen molar-refractivity contribution >= 4 is 23.3 Å². The largest absolute Gasteiger partial charge is 0.477 e. The summed E-state index contributed by atoms with van der Waals surface area (Å²) in [5.41, 5.74) is 3.01. The van der Waals surface area contributed by atoms with Gasteiger partial charge in [0.1, 0.15) is 11.3 Å². The number of halogens is 1. The van der Waals surface area contributed by atoms with Crippen LogP contribution >= 0.6 is 11.6 Å². The Morgan fingerprint density at radius 3 is 2.29 bits per heavy atom. The highest BCUT2D eigenvalue weighted by molar-refractivity contribution is 6.30. The molecule has 1 aromatic carbocycles. The Balaban J connectivity index is 2.62. The molecule has 0 aliphatic carbocycles. The van der Waals surface area contributed by atoms with Crippen molar-refractivity contribution in [1.82, 2.24) is 9.88 Å². The van der Waals surface area contributed by atoms with Crippen molar-refractivity contribution in [2.45, 2.75) is 34.1 Å². The van der Waals surface area contributed by atoms with Crippen LogP contribution in [0.15, 0.2) is 18.2 Å². The second kappa shape index (κ2) is 9.26. The highest BCUT2D eigenvalue weighted by Crippen LogP contribution is 2.36. The zero-order valence-corrected chi connectivity index (χ0v) is 18.1. The quantitative estimate of drug-likeness (QED) is 0.631. The van der Waals surface area contributed by atoms with Gasteiger partial charge in [-0.25, -0.2) is 9.78 Å². The number of carboxylic acid groups (broad SMARTS) is 1. The first-order valence-corrected chi connectivity index (χ1v) is 9.61. The number of aromatic nitrogens is 1. The van der Waals surface area contributed by atoms with E-state index in [4.69, 9.17) is 16.3 Å². The zero-order chi connectivity index (χ0) is 21.0. The maximum atomic E-state index is 12.2. The fourth-order valence-corrected chi connectivity index (χ4v) is 3.51. The molecular weight excluding hydrogens is 378 g/mol. The number of nitrogens with zero attached hydrogens (tertiary/aromatic N) is 3. The number of benzene rings is 1. The Labute approximate surface area is 171 Å². The summed E-state index contributed by atoms with van der Waals surface area (Å²) in [6.07, 6.45) is 0.889. The average Bonchev–Trinajstić information content (AvgIpc) is 2.56. The molecule has 0 bridgehead atoms. The maximum Gasteiger partial charge on any atom is 0.343 e. The maximum absolute atomic E-state index is 12.2. The van der Waals surface area contributed by atoms with Gasteiger partial charge in [-0.05, 0) is 70.6 Å². The van der Waals surface area contributed by atoms with Crippen molar-refractivity contribution in [1.29, 1.82) is 0 Å². The number of anilines is 1. The van der Waals surface area contributed by atoms with E-state index < -0.39 is 5.97 Å². The van der Waals surface area contributed by atoms with Gasteiger partial charge in [-0.3, -0.25) is 4.90 Å². The minimum Gasteiger partial charge on any atom is -0.477 e. The first kappa shape index (κ1) is 22.0. The lowest BCUT2D eigenvalue weighted by Gasteiger charge is -2.29. The van der Waals surface area contributed by atoms with E-state index >= 15 is 0 Å². The summed E-state index contributed by atoms with van der Waals surface area (Å²) in [5.74, 6) is -0.400. The van der Waals surface area contributed by atoms with Gasteiger partial charge >= 0.3 is 5.97 Å². The second-order valence-electron chi connectivity index (χ2n) is 7.22. The van der Waals surface area contributed by atoms with Crippen LogP contribution < -0.4 is 9.64 Å². The number of hydrogen-bond donors (Lipinski definition) is 1. The molecule has 0 unspecified atom stereocenters. The summed E-state index contributed by atoms with van der Waals surface area (Å²) in [7, 11) is 3.91. The van der Waals surface area contributed by atoms with Crippen LogP contribution in [0.25, 0.3) is 0 Å². The van der Waals surface area contributed by atoms with Gasteiger partial charge in [-0.2, -0.15) is 0 Å². The lowest BCUT2D eigenvalue weighted by atomic mass is 10.1. The first-order chi connectivity index (χ1) is 13.1. The Morgan fingerprint density at radius 2 is 1.79 bits per heavy atom. The number of ether oxygens (including phenoxy) is 1. The fourth-order valence-electron chi connectivity index (χ4n) is 3.19. The minimum atomic E-state index is -1.07. The Bertz CT molecular complexity index is 845. The van der Waals surface area contributed by atoms with E-state index in [2.05, 4.69) is 11.9 Å². The van der Waals surface area contributed by atoms with Gasteiger partial charge in [0.15, 0.2) is 0 Å². The van der Waals surface area contributed by atoms with Gasteiger partial charge in [0.05, 0.1) is 12.4 Å². The summed E-state index contributed by atoms with van der Waals surface area (Å²) in [6, 6.07) is 5.38.